The lowest BCUT2D eigenvalue weighted by atomic mass is 9.85. The van der Waals surface area contributed by atoms with E-state index in [4.69, 9.17) is 4.74 Å². The van der Waals surface area contributed by atoms with Crippen LogP contribution in [-0.4, -0.2) is 17.7 Å². The molecule has 0 fully saturated rings. The van der Waals surface area contributed by atoms with E-state index in [-0.39, 0.29) is 11.2 Å². The van der Waals surface area contributed by atoms with Crippen molar-refractivity contribution in [3.05, 3.63) is 29.3 Å². The molecular weight excluding hydrogens is 228 g/mol. The van der Waals surface area contributed by atoms with Gasteiger partial charge in [0.25, 0.3) is 0 Å². The number of ether oxygens (including phenoxy) is 1. The van der Waals surface area contributed by atoms with Gasteiger partial charge in [0.15, 0.2) is 0 Å². The zero-order chi connectivity index (χ0) is 13.8. The standard InChI is InChI=1S/C15H18O3/c1-5-18-14(17)9-7-11-6-8-13(16)12(10-11)15(2,3)4/h6,8,10,16H,5H2,1-4H3. The summed E-state index contributed by atoms with van der Waals surface area (Å²) >= 11 is 0. The predicted molar refractivity (Wildman–Crippen MR) is 70.3 cm³/mol. The summed E-state index contributed by atoms with van der Waals surface area (Å²) in [4.78, 5) is 11.1. The average Bonchev–Trinajstić information content (AvgIpc) is 2.27. The Morgan fingerprint density at radius 1 is 1.39 bits per heavy atom. The molecule has 0 bridgehead atoms. The third kappa shape index (κ3) is 3.81. The number of carbonyl (C=O) groups is 1. The van der Waals surface area contributed by atoms with Crippen molar-refractivity contribution in [3.8, 4) is 17.6 Å². The van der Waals surface area contributed by atoms with E-state index in [0.29, 0.717) is 12.2 Å². The molecule has 0 aliphatic heterocycles. The molecule has 0 unspecified atom stereocenters. The summed E-state index contributed by atoms with van der Waals surface area (Å²) in [6.07, 6.45) is 0. The van der Waals surface area contributed by atoms with E-state index in [1.54, 1.807) is 25.1 Å². The van der Waals surface area contributed by atoms with E-state index in [0.717, 1.165) is 5.56 Å². The summed E-state index contributed by atoms with van der Waals surface area (Å²) in [6.45, 7) is 8.06. The molecule has 0 atom stereocenters. The number of phenolic OH excluding ortho intramolecular Hbond substituents is 1. The number of aromatic hydroxyl groups is 1. The molecule has 0 amide bonds. The topological polar surface area (TPSA) is 46.5 Å². The molecule has 0 saturated heterocycles. The molecule has 96 valence electrons. The van der Waals surface area contributed by atoms with Crippen molar-refractivity contribution in [2.45, 2.75) is 33.1 Å². The smallest absolute Gasteiger partial charge is 0.384 e. The lowest BCUT2D eigenvalue weighted by Gasteiger charge is -2.20. The third-order valence-electron chi connectivity index (χ3n) is 2.39. The number of hydrogen-bond acceptors (Lipinski definition) is 3. The molecule has 0 aromatic heterocycles. The average molecular weight is 246 g/mol. The number of hydrogen-bond donors (Lipinski definition) is 1. The molecule has 1 aromatic carbocycles. The maximum absolute atomic E-state index is 11.1. The van der Waals surface area contributed by atoms with Gasteiger partial charge in [-0.25, -0.2) is 4.79 Å². The molecule has 1 N–H and O–H groups in total. The summed E-state index contributed by atoms with van der Waals surface area (Å²) < 4.78 is 4.72. The largest absolute Gasteiger partial charge is 0.508 e. The monoisotopic (exact) mass is 246 g/mol. The zero-order valence-corrected chi connectivity index (χ0v) is 11.2. The van der Waals surface area contributed by atoms with Crippen molar-refractivity contribution in [1.29, 1.82) is 0 Å². The Morgan fingerprint density at radius 3 is 2.61 bits per heavy atom. The number of benzene rings is 1. The van der Waals surface area contributed by atoms with Gasteiger partial charge < -0.3 is 9.84 Å². The van der Waals surface area contributed by atoms with Crippen LogP contribution in [0.2, 0.25) is 0 Å². The van der Waals surface area contributed by atoms with E-state index >= 15 is 0 Å². The third-order valence-corrected chi connectivity index (χ3v) is 2.39. The minimum absolute atomic E-state index is 0.175. The lowest BCUT2D eigenvalue weighted by molar-refractivity contribution is -0.136. The second kappa shape index (κ2) is 5.59. The second-order valence-corrected chi connectivity index (χ2v) is 4.95. The van der Waals surface area contributed by atoms with Crippen molar-refractivity contribution in [1.82, 2.24) is 0 Å². The molecular formula is C15H18O3. The Kier molecular flexibility index (Phi) is 4.38. The maximum Gasteiger partial charge on any atom is 0.384 e. The van der Waals surface area contributed by atoms with Crippen LogP contribution < -0.4 is 0 Å². The molecule has 0 radical (unpaired) electrons. The number of esters is 1. The Labute approximate surface area is 108 Å². The van der Waals surface area contributed by atoms with Crippen LogP contribution in [-0.2, 0) is 14.9 Å². The van der Waals surface area contributed by atoms with Gasteiger partial charge in [0, 0.05) is 17.0 Å². The van der Waals surface area contributed by atoms with Crippen molar-refractivity contribution >= 4 is 5.97 Å². The number of carbonyl (C=O) groups excluding carboxylic acids is 1. The Morgan fingerprint density at radius 2 is 2.06 bits per heavy atom. The van der Waals surface area contributed by atoms with Crippen LogP contribution >= 0.6 is 0 Å². The first-order chi connectivity index (χ1) is 8.34. The highest BCUT2D eigenvalue weighted by molar-refractivity contribution is 5.89. The summed E-state index contributed by atoms with van der Waals surface area (Å²) in [5.74, 6) is 4.84. The predicted octanol–water partition coefficient (Wildman–Crippen LogP) is 2.60. The first-order valence-corrected chi connectivity index (χ1v) is 5.87. The highest BCUT2D eigenvalue weighted by Crippen LogP contribution is 2.30. The van der Waals surface area contributed by atoms with E-state index in [1.807, 2.05) is 20.8 Å². The molecule has 1 aromatic rings. The van der Waals surface area contributed by atoms with Gasteiger partial charge in [0.1, 0.15) is 5.75 Å². The van der Waals surface area contributed by atoms with Crippen molar-refractivity contribution in [3.63, 3.8) is 0 Å². The lowest BCUT2D eigenvalue weighted by Crippen LogP contribution is -2.11. The maximum atomic E-state index is 11.1. The Balaban J connectivity index is 3.03. The first-order valence-electron chi connectivity index (χ1n) is 5.87. The molecule has 18 heavy (non-hydrogen) atoms. The molecule has 0 spiro atoms. The van der Waals surface area contributed by atoms with Gasteiger partial charge >= 0.3 is 5.97 Å². The van der Waals surface area contributed by atoms with Crippen LogP contribution in [0.4, 0.5) is 0 Å². The van der Waals surface area contributed by atoms with E-state index < -0.39 is 5.97 Å². The van der Waals surface area contributed by atoms with Crippen LogP contribution in [0.1, 0.15) is 38.8 Å². The molecule has 0 aliphatic carbocycles. The minimum atomic E-state index is -0.539. The van der Waals surface area contributed by atoms with Gasteiger partial charge in [-0.2, -0.15) is 0 Å². The van der Waals surface area contributed by atoms with E-state index in [1.165, 1.54) is 0 Å². The normalized spacial score (nSPS) is 10.4. The van der Waals surface area contributed by atoms with Crippen LogP contribution in [0.25, 0.3) is 0 Å². The molecule has 1 rings (SSSR count). The van der Waals surface area contributed by atoms with Crippen molar-refractivity contribution in [2.75, 3.05) is 6.61 Å². The minimum Gasteiger partial charge on any atom is -0.508 e. The summed E-state index contributed by atoms with van der Waals surface area (Å²) in [5, 5.41) is 9.79. The summed E-state index contributed by atoms with van der Waals surface area (Å²) in [6, 6.07) is 5.06. The molecule has 3 heteroatoms. The Hall–Kier alpha value is -1.95. The zero-order valence-electron chi connectivity index (χ0n) is 11.2. The fraction of sp³-hybridized carbons (Fsp3) is 0.400. The van der Waals surface area contributed by atoms with Crippen LogP contribution in [0, 0.1) is 11.8 Å². The fourth-order valence-electron chi connectivity index (χ4n) is 1.50. The number of phenols is 1. The van der Waals surface area contributed by atoms with Gasteiger partial charge in [0.2, 0.25) is 0 Å². The fourth-order valence-corrected chi connectivity index (χ4v) is 1.50. The summed E-state index contributed by atoms with van der Waals surface area (Å²) in [7, 11) is 0. The molecule has 0 saturated carbocycles. The highest BCUT2D eigenvalue weighted by Gasteiger charge is 2.17. The van der Waals surface area contributed by atoms with Gasteiger partial charge in [-0.3, -0.25) is 0 Å². The SMILES string of the molecule is CCOC(=O)C#Cc1ccc(O)c(C(C)(C)C)c1. The van der Waals surface area contributed by atoms with Gasteiger partial charge in [-0.1, -0.05) is 26.7 Å². The quantitative estimate of drug-likeness (QED) is 0.612. The summed E-state index contributed by atoms with van der Waals surface area (Å²) in [5.41, 5.74) is 1.31. The molecule has 0 heterocycles. The molecule has 0 aliphatic rings. The van der Waals surface area contributed by atoms with Gasteiger partial charge in [0.05, 0.1) is 6.61 Å². The first kappa shape index (κ1) is 14.1. The van der Waals surface area contributed by atoms with Crippen LogP contribution in [0.5, 0.6) is 5.75 Å². The second-order valence-electron chi connectivity index (χ2n) is 4.95. The molecule has 3 nitrogen and oxygen atoms in total. The van der Waals surface area contributed by atoms with Crippen molar-refractivity contribution < 1.29 is 14.6 Å². The Bertz CT molecular complexity index is 499. The van der Waals surface area contributed by atoms with Gasteiger partial charge in [-0.05, 0) is 30.5 Å². The van der Waals surface area contributed by atoms with Crippen LogP contribution in [0.15, 0.2) is 18.2 Å². The van der Waals surface area contributed by atoms with Crippen molar-refractivity contribution in [2.24, 2.45) is 0 Å². The number of rotatable bonds is 1. The van der Waals surface area contributed by atoms with E-state index in [9.17, 15) is 9.90 Å². The van der Waals surface area contributed by atoms with E-state index in [2.05, 4.69) is 11.8 Å². The van der Waals surface area contributed by atoms with Crippen LogP contribution in [0.3, 0.4) is 0 Å². The highest BCUT2D eigenvalue weighted by atomic mass is 16.5. The van der Waals surface area contributed by atoms with Gasteiger partial charge in [-0.15, -0.1) is 0 Å².